The molecule has 2 amide bonds. The van der Waals surface area contributed by atoms with Crippen LogP contribution in [0.15, 0.2) is 30.3 Å². The molecule has 1 N–H and O–H groups in total. The van der Waals surface area contributed by atoms with Crippen molar-refractivity contribution >= 4 is 11.8 Å². The van der Waals surface area contributed by atoms with Crippen LogP contribution in [-0.2, 0) is 23.3 Å². The number of carbonyl (C=O) groups excluding carboxylic acids is 2. The first kappa shape index (κ1) is 25.3. The van der Waals surface area contributed by atoms with Crippen molar-refractivity contribution in [1.82, 2.24) is 20.0 Å². The minimum atomic E-state index is -1.07. The number of carbonyl (C=O) groups is 2. The normalized spacial score (nSPS) is 21.7. The second-order valence-corrected chi connectivity index (χ2v) is 11.3. The second kappa shape index (κ2) is 10.0. The third-order valence-electron chi connectivity index (χ3n) is 7.52. The van der Waals surface area contributed by atoms with Gasteiger partial charge in [-0.25, -0.2) is 0 Å². The first-order chi connectivity index (χ1) is 16.6. The molecule has 0 spiro atoms. The van der Waals surface area contributed by atoms with Gasteiger partial charge in [0.1, 0.15) is 17.0 Å². The fourth-order valence-corrected chi connectivity index (χ4v) is 5.20. The van der Waals surface area contributed by atoms with Crippen LogP contribution in [0, 0.1) is 0 Å². The van der Waals surface area contributed by atoms with Gasteiger partial charge in [-0.2, -0.15) is 5.10 Å². The molecule has 1 aliphatic carbocycles. The summed E-state index contributed by atoms with van der Waals surface area (Å²) in [6.45, 7) is 8.72. The molecule has 1 atom stereocenters. The minimum Gasteiger partial charge on any atom is -0.496 e. The van der Waals surface area contributed by atoms with E-state index in [1.54, 1.807) is 16.7 Å². The molecule has 0 saturated heterocycles. The van der Waals surface area contributed by atoms with Gasteiger partial charge >= 0.3 is 0 Å². The molecule has 1 aliphatic heterocycles. The zero-order valence-corrected chi connectivity index (χ0v) is 21.9. The molecule has 7 heteroatoms. The summed E-state index contributed by atoms with van der Waals surface area (Å²) in [5.74, 6) is 0.419. The van der Waals surface area contributed by atoms with Crippen LogP contribution in [0.2, 0.25) is 0 Å². The average Bonchev–Trinajstić information content (AvgIpc) is 3.23. The molecule has 0 radical (unpaired) electrons. The maximum absolute atomic E-state index is 13.9. The van der Waals surface area contributed by atoms with Crippen molar-refractivity contribution < 1.29 is 14.3 Å². The zero-order valence-electron chi connectivity index (χ0n) is 21.9. The van der Waals surface area contributed by atoms with Gasteiger partial charge in [-0.15, -0.1) is 0 Å². The van der Waals surface area contributed by atoms with E-state index in [-0.39, 0.29) is 29.8 Å². The number of hydrogen-bond acceptors (Lipinski definition) is 4. The molecule has 0 unspecified atom stereocenters. The molecule has 1 fully saturated rings. The van der Waals surface area contributed by atoms with Crippen molar-refractivity contribution in [3.63, 3.8) is 0 Å². The Kier molecular flexibility index (Phi) is 7.25. The lowest BCUT2D eigenvalue weighted by atomic mass is 9.91. The Hall–Kier alpha value is -2.83. The Balaban J connectivity index is 1.70. The summed E-state index contributed by atoms with van der Waals surface area (Å²) in [5, 5.41) is 8.09. The molecule has 35 heavy (non-hydrogen) atoms. The highest BCUT2D eigenvalue weighted by atomic mass is 16.5. The van der Waals surface area contributed by atoms with Crippen LogP contribution in [0.1, 0.15) is 94.4 Å². The zero-order chi connectivity index (χ0) is 25.2. The number of methoxy groups -OCH3 is 1. The number of nitrogens with zero attached hydrogens (tertiary/aromatic N) is 3. The highest BCUT2D eigenvalue weighted by Gasteiger charge is 2.49. The molecule has 1 aromatic heterocycles. The van der Waals surface area contributed by atoms with Gasteiger partial charge in [0.15, 0.2) is 0 Å². The smallest absolute Gasteiger partial charge is 0.273 e. The number of amides is 2. The number of fused-ring (bicyclic) bond motifs is 1. The maximum Gasteiger partial charge on any atom is 0.273 e. The van der Waals surface area contributed by atoms with Crippen LogP contribution in [0.25, 0.3) is 0 Å². The highest BCUT2D eigenvalue weighted by molar-refractivity contribution is 5.99. The van der Waals surface area contributed by atoms with Crippen molar-refractivity contribution in [2.45, 2.75) is 103 Å². The number of ether oxygens (including phenoxy) is 1. The average molecular weight is 481 g/mol. The summed E-state index contributed by atoms with van der Waals surface area (Å²) >= 11 is 0. The third-order valence-corrected chi connectivity index (χ3v) is 7.52. The van der Waals surface area contributed by atoms with E-state index in [0.717, 1.165) is 36.9 Å². The van der Waals surface area contributed by atoms with E-state index >= 15 is 0 Å². The van der Waals surface area contributed by atoms with Gasteiger partial charge in [-0.3, -0.25) is 14.3 Å². The SMILES string of the molecule is COc1ccccc1CN1C(=O)c2cc(C(C)(C)C)nn2C[C@]1(C)C(=O)NC1CCCCCCC1. The second-order valence-electron chi connectivity index (χ2n) is 11.3. The Morgan fingerprint density at radius 2 is 1.80 bits per heavy atom. The van der Waals surface area contributed by atoms with Crippen molar-refractivity contribution in [3.8, 4) is 5.75 Å². The molecule has 1 aromatic carbocycles. The van der Waals surface area contributed by atoms with E-state index in [4.69, 9.17) is 9.84 Å². The van der Waals surface area contributed by atoms with Gasteiger partial charge < -0.3 is 15.0 Å². The molecule has 7 nitrogen and oxygen atoms in total. The fourth-order valence-electron chi connectivity index (χ4n) is 5.20. The van der Waals surface area contributed by atoms with E-state index < -0.39 is 5.54 Å². The summed E-state index contributed by atoms with van der Waals surface area (Å²) < 4.78 is 7.30. The predicted molar refractivity (Wildman–Crippen MR) is 136 cm³/mol. The van der Waals surface area contributed by atoms with Gasteiger partial charge in [0, 0.05) is 17.0 Å². The predicted octanol–water partition coefficient (Wildman–Crippen LogP) is 4.83. The molecule has 0 bridgehead atoms. The summed E-state index contributed by atoms with van der Waals surface area (Å²) in [6.07, 6.45) is 7.95. The molecule has 2 aromatic rings. The van der Waals surface area contributed by atoms with Gasteiger partial charge in [-0.05, 0) is 31.9 Å². The number of benzene rings is 1. The van der Waals surface area contributed by atoms with Crippen molar-refractivity contribution in [3.05, 3.63) is 47.3 Å². The van der Waals surface area contributed by atoms with Gasteiger partial charge in [0.2, 0.25) is 5.91 Å². The molecule has 2 heterocycles. The third kappa shape index (κ3) is 5.24. The lowest BCUT2D eigenvalue weighted by molar-refractivity contribution is -0.134. The summed E-state index contributed by atoms with van der Waals surface area (Å²) in [4.78, 5) is 29.6. The van der Waals surface area contributed by atoms with Gasteiger partial charge in [-0.1, -0.05) is 71.1 Å². The molecule has 190 valence electrons. The number of para-hydroxylation sites is 1. The highest BCUT2D eigenvalue weighted by Crippen LogP contribution is 2.33. The first-order valence-electron chi connectivity index (χ1n) is 13.0. The van der Waals surface area contributed by atoms with Crippen LogP contribution >= 0.6 is 0 Å². The summed E-state index contributed by atoms with van der Waals surface area (Å²) in [6, 6.07) is 9.70. The number of hydrogen-bond donors (Lipinski definition) is 1. The van der Waals surface area contributed by atoms with Crippen LogP contribution in [0.3, 0.4) is 0 Å². The van der Waals surface area contributed by atoms with Crippen molar-refractivity contribution in [1.29, 1.82) is 0 Å². The van der Waals surface area contributed by atoms with Crippen molar-refractivity contribution in [2.75, 3.05) is 7.11 Å². The lowest BCUT2D eigenvalue weighted by Gasteiger charge is -2.44. The van der Waals surface area contributed by atoms with E-state index in [1.165, 1.54) is 19.3 Å². The van der Waals surface area contributed by atoms with E-state index in [2.05, 4.69) is 26.1 Å². The largest absolute Gasteiger partial charge is 0.496 e. The van der Waals surface area contributed by atoms with Crippen LogP contribution in [0.4, 0.5) is 0 Å². The standard InChI is InChI=1S/C28H40N4O3/c1-27(2,3)24-17-22-25(33)31(18-20-13-11-12-16-23(20)35-5)28(4,19-32(22)30-24)26(34)29-21-14-9-7-6-8-10-15-21/h11-13,16-17,21H,6-10,14-15,18-19H2,1-5H3,(H,29,34)/t28-/m1/s1. The topological polar surface area (TPSA) is 76.5 Å². The Morgan fingerprint density at radius 3 is 2.46 bits per heavy atom. The first-order valence-corrected chi connectivity index (χ1v) is 13.0. The monoisotopic (exact) mass is 480 g/mol. The maximum atomic E-state index is 13.9. The van der Waals surface area contributed by atoms with Crippen LogP contribution in [0.5, 0.6) is 5.75 Å². The molecular formula is C28H40N4O3. The fraction of sp³-hybridized carbons (Fsp3) is 0.607. The van der Waals surface area contributed by atoms with Crippen molar-refractivity contribution in [2.24, 2.45) is 0 Å². The minimum absolute atomic E-state index is 0.107. The Labute approximate surface area is 209 Å². The molecule has 4 rings (SSSR count). The Bertz CT molecular complexity index is 1060. The quantitative estimate of drug-likeness (QED) is 0.665. The number of aromatic nitrogens is 2. The van der Waals surface area contributed by atoms with Crippen LogP contribution < -0.4 is 10.1 Å². The van der Waals surface area contributed by atoms with Crippen LogP contribution in [-0.4, -0.2) is 45.2 Å². The summed E-state index contributed by atoms with van der Waals surface area (Å²) in [7, 11) is 1.63. The van der Waals surface area contributed by atoms with E-state index in [1.807, 2.05) is 37.3 Å². The van der Waals surface area contributed by atoms with E-state index in [0.29, 0.717) is 18.0 Å². The molecular weight excluding hydrogens is 440 g/mol. The summed E-state index contributed by atoms with van der Waals surface area (Å²) in [5.41, 5.74) is 0.977. The van der Waals surface area contributed by atoms with Gasteiger partial charge in [0.05, 0.1) is 25.9 Å². The Morgan fingerprint density at radius 1 is 1.14 bits per heavy atom. The number of nitrogens with one attached hydrogen (secondary N) is 1. The molecule has 2 aliphatic rings. The lowest BCUT2D eigenvalue weighted by Crippen LogP contribution is -2.64. The van der Waals surface area contributed by atoms with E-state index in [9.17, 15) is 9.59 Å². The van der Waals surface area contributed by atoms with Gasteiger partial charge in [0.25, 0.3) is 5.91 Å². The number of rotatable bonds is 5. The molecule has 1 saturated carbocycles.